The maximum atomic E-state index is 3.25. The van der Waals surface area contributed by atoms with Gasteiger partial charge in [-0.05, 0) is 0 Å². The van der Waals surface area contributed by atoms with Gasteiger partial charge in [-0.3, -0.25) is 6.08 Å². The molecule has 0 bridgehead atoms. The van der Waals surface area contributed by atoms with Gasteiger partial charge < -0.3 is 13.0 Å². The van der Waals surface area contributed by atoms with Crippen molar-refractivity contribution in [2.75, 3.05) is 0 Å². The first-order chi connectivity index (χ1) is 4.91. The summed E-state index contributed by atoms with van der Waals surface area (Å²) in [6.45, 7) is 9.32. The molecular weight excluding hydrogens is 185 g/mol. The Balaban J connectivity index is -0.000000196. The topological polar surface area (TPSA) is 0 Å². The molecule has 0 aliphatic rings. The first-order valence-electron chi connectivity index (χ1n) is 4.17. The molecule has 0 unspecified atom stereocenters. The Bertz CT molecular complexity index is 57.9. The van der Waals surface area contributed by atoms with Crippen molar-refractivity contribution in [3.05, 3.63) is 19.1 Å². The van der Waals surface area contributed by atoms with Gasteiger partial charge in [0, 0.05) is 0 Å². The predicted octanol–water partition coefficient (Wildman–Crippen LogP) is 3.78. The predicted molar refractivity (Wildman–Crippen MR) is 48.7 cm³/mol. The van der Waals surface area contributed by atoms with Crippen LogP contribution in [0.15, 0.2) is 6.08 Å². The summed E-state index contributed by atoms with van der Waals surface area (Å²) in [5.74, 6) is 0. The summed E-state index contributed by atoms with van der Waals surface area (Å²) in [7, 11) is 0. The second-order valence-corrected chi connectivity index (χ2v) is 1.90. The Hall–Kier alpha value is 0.363. The summed E-state index contributed by atoms with van der Waals surface area (Å²) >= 11 is 0. The van der Waals surface area contributed by atoms with Gasteiger partial charge in [0.25, 0.3) is 0 Å². The minimum atomic E-state index is 0. The van der Waals surface area contributed by atoms with E-state index in [0.29, 0.717) is 0 Å². The van der Waals surface area contributed by atoms with Crippen molar-refractivity contribution >= 4 is 0 Å². The third-order valence-electron chi connectivity index (χ3n) is 1.05. The van der Waals surface area contributed by atoms with Gasteiger partial charge in [-0.25, -0.2) is 0 Å². The fraction of sp³-hybridized carbons (Fsp3) is 0.700. The Kier molecular flexibility index (Phi) is 35.6. The normalized spacial score (nSPS) is 8.36. The molecule has 0 nitrogen and oxygen atoms in total. The molecular formula is C10H20Zn. The fourth-order valence-electron chi connectivity index (χ4n) is 0.553. The molecule has 0 radical (unpaired) electrons. The van der Waals surface area contributed by atoms with Crippen LogP contribution < -0.4 is 0 Å². The van der Waals surface area contributed by atoms with Crippen LogP contribution in [-0.2, 0) is 19.5 Å². The zero-order chi connectivity index (χ0) is 8.24. The third kappa shape index (κ3) is 25.2. The summed E-state index contributed by atoms with van der Waals surface area (Å²) in [5.41, 5.74) is 0. The van der Waals surface area contributed by atoms with Crippen LogP contribution in [0, 0.1) is 13.0 Å². The summed E-state index contributed by atoms with van der Waals surface area (Å²) in [6, 6.07) is 0. The minimum Gasteiger partial charge on any atom is -0.501 e. The van der Waals surface area contributed by atoms with E-state index in [-0.39, 0.29) is 19.5 Å². The van der Waals surface area contributed by atoms with Gasteiger partial charge in [0.05, 0.1) is 0 Å². The largest absolute Gasteiger partial charge is 2.00 e. The van der Waals surface area contributed by atoms with Crippen LogP contribution in [0.25, 0.3) is 0 Å². The maximum absolute atomic E-state index is 3.25. The monoisotopic (exact) mass is 204 g/mol. The van der Waals surface area contributed by atoms with Crippen molar-refractivity contribution in [3.8, 4) is 0 Å². The van der Waals surface area contributed by atoms with E-state index in [1.807, 2.05) is 0 Å². The van der Waals surface area contributed by atoms with E-state index in [2.05, 4.69) is 32.9 Å². The van der Waals surface area contributed by atoms with Crippen molar-refractivity contribution < 1.29 is 19.5 Å². The fourth-order valence-corrected chi connectivity index (χ4v) is 0.553. The molecule has 0 rings (SSSR count). The zero-order valence-electron chi connectivity index (χ0n) is 8.32. The van der Waals surface area contributed by atoms with Gasteiger partial charge in [-0.2, -0.15) is 13.3 Å². The second-order valence-electron chi connectivity index (χ2n) is 1.90. The standard InChI is InChI=1S/C8H15.C2H5.Zn/c1-3-5-7-8-6-4-2;1-2;/h8H,3-5,7H2,1-2H3;1H2,2H3;/q2*-1;+2. The zero-order valence-corrected chi connectivity index (χ0v) is 11.3. The molecule has 0 aliphatic carbocycles. The van der Waals surface area contributed by atoms with Crippen LogP contribution in [0.5, 0.6) is 0 Å². The molecule has 0 fully saturated rings. The molecule has 62 valence electrons. The van der Waals surface area contributed by atoms with Gasteiger partial charge in [0.15, 0.2) is 0 Å². The molecule has 0 atom stereocenters. The van der Waals surface area contributed by atoms with Crippen LogP contribution in [0.2, 0.25) is 0 Å². The minimum absolute atomic E-state index is 0. The van der Waals surface area contributed by atoms with E-state index in [9.17, 15) is 0 Å². The third-order valence-corrected chi connectivity index (χ3v) is 1.05. The average molecular weight is 206 g/mol. The number of hydrogen-bond donors (Lipinski definition) is 0. The van der Waals surface area contributed by atoms with Crippen molar-refractivity contribution in [1.82, 2.24) is 0 Å². The van der Waals surface area contributed by atoms with Crippen molar-refractivity contribution in [1.29, 1.82) is 0 Å². The molecule has 0 heterocycles. The molecule has 0 aromatic heterocycles. The quantitative estimate of drug-likeness (QED) is 0.372. The van der Waals surface area contributed by atoms with E-state index in [0.717, 1.165) is 6.42 Å². The van der Waals surface area contributed by atoms with E-state index in [1.165, 1.54) is 19.3 Å². The van der Waals surface area contributed by atoms with Crippen LogP contribution in [0.4, 0.5) is 0 Å². The molecule has 0 spiro atoms. The average Bonchev–Trinajstić information content (AvgIpc) is 2.02. The van der Waals surface area contributed by atoms with Gasteiger partial charge in [-0.1, -0.05) is 33.1 Å². The molecule has 0 aliphatic heterocycles. The molecule has 0 amide bonds. The Morgan fingerprint density at radius 2 is 1.82 bits per heavy atom. The van der Waals surface area contributed by atoms with E-state index < -0.39 is 0 Å². The van der Waals surface area contributed by atoms with Crippen LogP contribution in [0.3, 0.4) is 0 Å². The van der Waals surface area contributed by atoms with Crippen molar-refractivity contribution in [2.24, 2.45) is 0 Å². The van der Waals surface area contributed by atoms with Crippen LogP contribution in [-0.4, -0.2) is 0 Å². The van der Waals surface area contributed by atoms with E-state index in [1.54, 1.807) is 6.92 Å². The molecule has 1 heteroatoms. The SMILES string of the molecule is CC[C-]=CCCCC.[CH2-]C.[Zn+2]. The molecule has 11 heavy (non-hydrogen) atoms. The Morgan fingerprint density at radius 1 is 1.27 bits per heavy atom. The van der Waals surface area contributed by atoms with Crippen LogP contribution >= 0.6 is 0 Å². The first-order valence-corrected chi connectivity index (χ1v) is 4.17. The van der Waals surface area contributed by atoms with E-state index >= 15 is 0 Å². The van der Waals surface area contributed by atoms with Crippen molar-refractivity contribution in [3.63, 3.8) is 0 Å². The number of allylic oxidation sites excluding steroid dienone is 2. The van der Waals surface area contributed by atoms with Gasteiger partial charge in [-0.15, -0.1) is 0 Å². The Morgan fingerprint density at radius 3 is 2.18 bits per heavy atom. The summed E-state index contributed by atoms with van der Waals surface area (Å²) in [4.78, 5) is 0. The smallest absolute Gasteiger partial charge is 0.501 e. The molecule has 0 N–H and O–H groups in total. The van der Waals surface area contributed by atoms with Gasteiger partial charge >= 0.3 is 19.5 Å². The number of rotatable bonds is 4. The van der Waals surface area contributed by atoms with Gasteiger partial charge in [0.1, 0.15) is 0 Å². The van der Waals surface area contributed by atoms with Crippen LogP contribution in [0.1, 0.15) is 46.5 Å². The molecule has 0 aromatic rings. The second kappa shape index (κ2) is 22.4. The number of hydrogen-bond acceptors (Lipinski definition) is 0. The maximum Gasteiger partial charge on any atom is 2.00 e. The van der Waals surface area contributed by atoms with Crippen molar-refractivity contribution in [2.45, 2.75) is 46.5 Å². The summed E-state index contributed by atoms with van der Waals surface area (Å²) in [6.07, 6.45) is 10.2. The summed E-state index contributed by atoms with van der Waals surface area (Å²) in [5, 5.41) is 0. The molecule has 0 aromatic carbocycles. The summed E-state index contributed by atoms with van der Waals surface area (Å²) < 4.78 is 0. The van der Waals surface area contributed by atoms with E-state index in [4.69, 9.17) is 0 Å². The Labute approximate surface area is 85.2 Å². The van der Waals surface area contributed by atoms with Gasteiger partial charge in [0.2, 0.25) is 0 Å². The molecule has 0 saturated carbocycles. The number of unbranched alkanes of at least 4 members (excludes halogenated alkanes) is 2. The molecule has 0 saturated heterocycles. The first kappa shape index (κ1) is 17.4.